The van der Waals surface area contributed by atoms with Crippen LogP contribution in [0.3, 0.4) is 0 Å². The minimum Gasteiger partial charge on any atom is -0.508 e. The second-order valence-electron chi connectivity index (χ2n) is 4.42. The van der Waals surface area contributed by atoms with E-state index in [1.165, 1.54) is 10.7 Å². The zero-order valence-electron chi connectivity index (χ0n) is 11.5. The SMILES string of the molecule is CCn1nc(C)c([N+](=O)[O-])c1Oc1cc(C)cc(O)c1. The first-order chi connectivity index (χ1) is 9.42. The Morgan fingerprint density at radius 2 is 2.10 bits per heavy atom. The summed E-state index contributed by atoms with van der Waals surface area (Å²) in [7, 11) is 0. The number of hydrogen-bond donors (Lipinski definition) is 1. The number of aryl methyl sites for hydroxylation is 3. The van der Waals surface area contributed by atoms with Crippen molar-refractivity contribution in [1.29, 1.82) is 0 Å². The Kier molecular flexibility index (Phi) is 3.60. The van der Waals surface area contributed by atoms with Crippen molar-refractivity contribution in [2.24, 2.45) is 0 Å². The lowest BCUT2D eigenvalue weighted by Crippen LogP contribution is -2.01. The molecule has 0 atom stereocenters. The van der Waals surface area contributed by atoms with E-state index in [0.717, 1.165) is 5.56 Å². The van der Waals surface area contributed by atoms with Gasteiger partial charge in [0.05, 0.1) is 4.92 Å². The third-order valence-electron chi connectivity index (χ3n) is 2.78. The average Bonchev–Trinajstić information content (AvgIpc) is 2.64. The number of nitro groups is 1. The molecule has 0 radical (unpaired) electrons. The van der Waals surface area contributed by atoms with Crippen LogP contribution < -0.4 is 4.74 Å². The Balaban J connectivity index is 2.49. The molecule has 0 spiro atoms. The van der Waals surface area contributed by atoms with Gasteiger partial charge in [-0.25, -0.2) is 4.68 Å². The largest absolute Gasteiger partial charge is 0.508 e. The normalized spacial score (nSPS) is 10.6. The molecule has 7 heteroatoms. The third-order valence-corrected chi connectivity index (χ3v) is 2.78. The number of aromatic hydroxyl groups is 1. The molecule has 2 rings (SSSR count). The quantitative estimate of drug-likeness (QED) is 0.685. The van der Waals surface area contributed by atoms with Crippen LogP contribution in [-0.2, 0) is 6.54 Å². The fourth-order valence-corrected chi connectivity index (χ4v) is 1.98. The fraction of sp³-hybridized carbons (Fsp3) is 0.308. The van der Waals surface area contributed by atoms with E-state index in [1.54, 1.807) is 26.0 Å². The summed E-state index contributed by atoms with van der Waals surface area (Å²) in [4.78, 5) is 10.6. The van der Waals surface area contributed by atoms with E-state index >= 15 is 0 Å². The lowest BCUT2D eigenvalue weighted by atomic mass is 10.2. The van der Waals surface area contributed by atoms with Gasteiger partial charge in [-0.15, -0.1) is 0 Å². The number of aromatic nitrogens is 2. The molecular formula is C13H15N3O4. The summed E-state index contributed by atoms with van der Waals surface area (Å²) in [5.74, 6) is 0.446. The molecule has 2 aromatic rings. The minimum atomic E-state index is -0.514. The summed E-state index contributed by atoms with van der Waals surface area (Å²) in [6.45, 7) is 5.62. The summed E-state index contributed by atoms with van der Waals surface area (Å²) >= 11 is 0. The Labute approximate surface area is 115 Å². The van der Waals surface area contributed by atoms with Crippen LogP contribution in [0.25, 0.3) is 0 Å². The summed E-state index contributed by atoms with van der Waals surface area (Å²) in [5, 5.41) is 24.7. The predicted molar refractivity (Wildman–Crippen MR) is 72.2 cm³/mol. The maximum atomic E-state index is 11.1. The molecule has 0 saturated carbocycles. The summed E-state index contributed by atoms with van der Waals surface area (Å²) in [5.41, 5.74) is 0.929. The van der Waals surface area contributed by atoms with Crippen molar-refractivity contribution in [3.05, 3.63) is 39.6 Å². The van der Waals surface area contributed by atoms with E-state index in [0.29, 0.717) is 18.0 Å². The zero-order chi connectivity index (χ0) is 14.9. The molecule has 1 heterocycles. The van der Waals surface area contributed by atoms with Gasteiger partial charge in [-0.1, -0.05) is 0 Å². The van der Waals surface area contributed by atoms with Crippen molar-refractivity contribution in [1.82, 2.24) is 9.78 Å². The molecule has 20 heavy (non-hydrogen) atoms. The number of rotatable bonds is 4. The Morgan fingerprint density at radius 1 is 1.40 bits per heavy atom. The first-order valence-electron chi connectivity index (χ1n) is 6.12. The van der Waals surface area contributed by atoms with Crippen LogP contribution in [0, 0.1) is 24.0 Å². The molecule has 0 aliphatic heterocycles. The first kappa shape index (κ1) is 13.9. The smallest absolute Gasteiger partial charge is 0.353 e. The number of hydrogen-bond acceptors (Lipinski definition) is 5. The van der Waals surface area contributed by atoms with E-state index in [-0.39, 0.29) is 17.3 Å². The van der Waals surface area contributed by atoms with Crippen molar-refractivity contribution in [2.75, 3.05) is 0 Å². The average molecular weight is 277 g/mol. The van der Waals surface area contributed by atoms with E-state index in [2.05, 4.69) is 5.10 Å². The van der Waals surface area contributed by atoms with E-state index in [1.807, 2.05) is 6.92 Å². The third kappa shape index (κ3) is 2.56. The molecule has 0 bridgehead atoms. The molecular weight excluding hydrogens is 262 g/mol. The van der Waals surface area contributed by atoms with Crippen molar-refractivity contribution in [3.63, 3.8) is 0 Å². The van der Waals surface area contributed by atoms with Gasteiger partial charge in [0.1, 0.15) is 17.2 Å². The van der Waals surface area contributed by atoms with Crippen molar-refractivity contribution in [3.8, 4) is 17.4 Å². The minimum absolute atomic E-state index is 0.0435. The molecule has 0 amide bonds. The van der Waals surface area contributed by atoms with Gasteiger partial charge >= 0.3 is 5.69 Å². The Hall–Kier alpha value is -2.57. The van der Waals surface area contributed by atoms with Crippen LogP contribution in [0.4, 0.5) is 5.69 Å². The van der Waals surface area contributed by atoms with Crippen LogP contribution in [0.15, 0.2) is 18.2 Å². The van der Waals surface area contributed by atoms with Crippen LogP contribution in [0.2, 0.25) is 0 Å². The summed E-state index contributed by atoms with van der Waals surface area (Å²) < 4.78 is 7.00. The van der Waals surface area contributed by atoms with Gasteiger partial charge in [0.25, 0.3) is 5.88 Å². The number of phenols is 1. The molecule has 0 fully saturated rings. The van der Waals surface area contributed by atoms with Crippen LogP contribution >= 0.6 is 0 Å². The molecule has 106 valence electrons. The molecule has 1 N–H and O–H groups in total. The maximum absolute atomic E-state index is 11.1. The predicted octanol–water partition coefficient (Wildman–Crippen LogP) is 2.93. The Morgan fingerprint density at radius 3 is 2.65 bits per heavy atom. The summed E-state index contributed by atoms with van der Waals surface area (Å²) in [6.07, 6.45) is 0. The van der Waals surface area contributed by atoms with E-state index < -0.39 is 4.92 Å². The number of benzene rings is 1. The zero-order valence-corrected chi connectivity index (χ0v) is 11.5. The van der Waals surface area contributed by atoms with Gasteiger partial charge in [0, 0.05) is 12.6 Å². The van der Waals surface area contributed by atoms with Crippen molar-refractivity contribution in [2.45, 2.75) is 27.3 Å². The first-order valence-corrected chi connectivity index (χ1v) is 6.12. The van der Waals surface area contributed by atoms with Crippen LogP contribution in [0.5, 0.6) is 17.4 Å². The summed E-state index contributed by atoms with van der Waals surface area (Å²) in [6, 6.07) is 4.66. The molecule has 0 saturated heterocycles. The Bertz CT molecular complexity index is 644. The van der Waals surface area contributed by atoms with Crippen molar-refractivity contribution < 1.29 is 14.8 Å². The highest BCUT2D eigenvalue weighted by Crippen LogP contribution is 2.35. The molecule has 1 aromatic heterocycles. The molecule has 7 nitrogen and oxygen atoms in total. The van der Waals surface area contributed by atoms with E-state index in [9.17, 15) is 15.2 Å². The van der Waals surface area contributed by atoms with Crippen molar-refractivity contribution >= 4 is 5.69 Å². The van der Waals surface area contributed by atoms with Gasteiger partial charge in [-0.05, 0) is 38.5 Å². The van der Waals surface area contributed by atoms with E-state index in [4.69, 9.17) is 4.74 Å². The van der Waals surface area contributed by atoms with Crippen LogP contribution in [-0.4, -0.2) is 19.8 Å². The topological polar surface area (TPSA) is 90.4 Å². The fourth-order valence-electron chi connectivity index (χ4n) is 1.98. The van der Waals surface area contributed by atoms with Crippen LogP contribution in [0.1, 0.15) is 18.2 Å². The monoisotopic (exact) mass is 277 g/mol. The van der Waals surface area contributed by atoms with Gasteiger partial charge in [-0.3, -0.25) is 10.1 Å². The second kappa shape index (κ2) is 5.20. The lowest BCUT2D eigenvalue weighted by Gasteiger charge is -2.08. The second-order valence-corrected chi connectivity index (χ2v) is 4.42. The standard InChI is InChI=1S/C13H15N3O4/c1-4-15-13(12(16(18)19)9(3)14-15)20-11-6-8(2)5-10(17)7-11/h5-7,17H,4H2,1-3H3. The lowest BCUT2D eigenvalue weighted by molar-refractivity contribution is -0.386. The van der Waals surface area contributed by atoms with Gasteiger partial charge in [-0.2, -0.15) is 5.10 Å². The maximum Gasteiger partial charge on any atom is 0.353 e. The number of ether oxygens (including phenoxy) is 1. The highest BCUT2D eigenvalue weighted by atomic mass is 16.6. The van der Waals surface area contributed by atoms with Gasteiger partial charge < -0.3 is 9.84 Å². The molecule has 1 aromatic carbocycles. The highest BCUT2D eigenvalue weighted by Gasteiger charge is 2.27. The van der Waals surface area contributed by atoms with Gasteiger partial charge in [0.2, 0.25) is 0 Å². The molecule has 0 aliphatic carbocycles. The number of phenolic OH excluding ortho intramolecular Hbond substituents is 1. The molecule has 0 aliphatic rings. The highest BCUT2D eigenvalue weighted by molar-refractivity contribution is 5.49. The van der Waals surface area contributed by atoms with Gasteiger partial charge in [0.15, 0.2) is 0 Å². The number of nitrogens with zero attached hydrogens (tertiary/aromatic N) is 3. The molecule has 0 unspecified atom stereocenters.